The Morgan fingerprint density at radius 1 is 0.912 bits per heavy atom. The molecule has 6 nitrogen and oxygen atoms in total. The van der Waals surface area contributed by atoms with Crippen LogP contribution in [0.3, 0.4) is 0 Å². The Bertz CT molecular complexity index is 1090. The first-order valence-corrected chi connectivity index (χ1v) is 13.0. The van der Waals surface area contributed by atoms with Gasteiger partial charge in [-0.05, 0) is 30.8 Å². The van der Waals surface area contributed by atoms with Crippen molar-refractivity contribution in [2.75, 3.05) is 64.3 Å². The number of amides is 1. The molecule has 0 saturated carbocycles. The Morgan fingerprint density at radius 3 is 2.44 bits per heavy atom. The van der Waals surface area contributed by atoms with Crippen LogP contribution in [-0.2, 0) is 17.8 Å². The molecule has 0 aliphatic carbocycles. The van der Waals surface area contributed by atoms with Gasteiger partial charge in [-0.15, -0.1) is 11.3 Å². The van der Waals surface area contributed by atoms with Crippen molar-refractivity contribution < 1.29 is 4.79 Å². The summed E-state index contributed by atoms with van der Waals surface area (Å²) in [7, 11) is 2.19. The second kappa shape index (κ2) is 10.7. The topological polar surface area (TPSA) is 42.9 Å². The minimum Gasteiger partial charge on any atom is -0.368 e. The number of anilines is 1. The van der Waals surface area contributed by atoms with Crippen molar-refractivity contribution >= 4 is 22.9 Å². The van der Waals surface area contributed by atoms with Gasteiger partial charge in [0, 0.05) is 75.5 Å². The predicted octanol–water partition coefficient (Wildman–Crippen LogP) is 3.45. The summed E-state index contributed by atoms with van der Waals surface area (Å²) >= 11 is 1.63. The molecule has 178 valence electrons. The van der Waals surface area contributed by atoms with Crippen molar-refractivity contribution in [1.82, 2.24) is 19.7 Å². The third-order valence-corrected chi connectivity index (χ3v) is 7.75. The van der Waals surface area contributed by atoms with E-state index >= 15 is 0 Å². The van der Waals surface area contributed by atoms with Gasteiger partial charge in [0.15, 0.2) is 0 Å². The van der Waals surface area contributed by atoms with E-state index in [4.69, 9.17) is 4.98 Å². The number of benzene rings is 2. The normalized spacial score (nSPS) is 17.8. The summed E-state index contributed by atoms with van der Waals surface area (Å²) in [4.78, 5) is 27.0. The van der Waals surface area contributed by atoms with Crippen LogP contribution in [0.25, 0.3) is 10.6 Å². The molecule has 1 amide bonds. The largest absolute Gasteiger partial charge is 0.368 e. The second-order valence-electron chi connectivity index (χ2n) is 9.30. The van der Waals surface area contributed by atoms with Crippen molar-refractivity contribution in [3.8, 4) is 10.6 Å². The number of piperazine rings is 2. The Hall–Kier alpha value is -2.74. The predicted molar refractivity (Wildman–Crippen MR) is 139 cm³/mol. The van der Waals surface area contributed by atoms with E-state index in [2.05, 4.69) is 70.3 Å². The maximum Gasteiger partial charge on any atom is 0.228 e. The van der Waals surface area contributed by atoms with E-state index in [1.54, 1.807) is 11.3 Å². The fourth-order valence-corrected chi connectivity index (χ4v) is 5.52. The first-order valence-electron chi connectivity index (χ1n) is 12.2. The van der Waals surface area contributed by atoms with E-state index in [0.717, 1.165) is 75.2 Å². The number of rotatable bonds is 6. The monoisotopic (exact) mass is 475 g/mol. The molecule has 3 heterocycles. The zero-order valence-electron chi connectivity index (χ0n) is 19.9. The van der Waals surface area contributed by atoms with Gasteiger partial charge in [-0.2, -0.15) is 0 Å². The molecule has 2 saturated heterocycles. The molecule has 1 aromatic heterocycles. The number of thiazole rings is 1. The van der Waals surface area contributed by atoms with E-state index in [1.165, 1.54) is 11.3 Å². The van der Waals surface area contributed by atoms with Gasteiger partial charge >= 0.3 is 0 Å². The lowest BCUT2D eigenvalue weighted by atomic mass is 10.1. The zero-order chi connectivity index (χ0) is 23.3. The summed E-state index contributed by atoms with van der Waals surface area (Å²) in [5, 5.41) is 3.04. The fraction of sp³-hybridized carbons (Fsp3) is 0.407. The highest BCUT2D eigenvalue weighted by Gasteiger charge is 2.22. The molecule has 0 unspecified atom stereocenters. The van der Waals surface area contributed by atoms with Gasteiger partial charge in [0.1, 0.15) is 5.01 Å². The number of likely N-dealkylation sites (N-methyl/N-ethyl adjacent to an activating group) is 1. The Labute approximate surface area is 206 Å². The van der Waals surface area contributed by atoms with Gasteiger partial charge in [0.25, 0.3) is 0 Å². The average molecular weight is 476 g/mol. The molecule has 5 rings (SSSR count). The standard InChI is InChI=1S/C27H33N5OS/c1-29-10-12-30(13-11-29)20-22-6-5-7-23(18-22)27-28-24(21-34-27)19-26(33)32-16-14-31(15-17-32)25-8-3-2-4-9-25/h2-9,18,21H,10-17,19-20H2,1H3. The summed E-state index contributed by atoms with van der Waals surface area (Å²) < 4.78 is 0. The Kier molecular flexibility index (Phi) is 7.23. The number of nitrogens with zero attached hydrogens (tertiary/aromatic N) is 5. The van der Waals surface area contributed by atoms with E-state index in [1.807, 2.05) is 16.3 Å². The molecule has 3 aromatic rings. The number of hydrogen-bond donors (Lipinski definition) is 0. The quantitative estimate of drug-likeness (QED) is 0.546. The van der Waals surface area contributed by atoms with Crippen molar-refractivity contribution in [3.63, 3.8) is 0 Å². The lowest BCUT2D eigenvalue weighted by molar-refractivity contribution is -0.130. The van der Waals surface area contributed by atoms with Crippen LogP contribution in [0.5, 0.6) is 0 Å². The van der Waals surface area contributed by atoms with E-state index in [9.17, 15) is 4.79 Å². The first-order chi connectivity index (χ1) is 16.6. The van der Waals surface area contributed by atoms with Gasteiger partial charge in [0.05, 0.1) is 12.1 Å². The van der Waals surface area contributed by atoms with Crippen molar-refractivity contribution in [1.29, 1.82) is 0 Å². The van der Waals surface area contributed by atoms with Gasteiger partial charge in [0.2, 0.25) is 5.91 Å². The highest BCUT2D eigenvalue weighted by molar-refractivity contribution is 7.13. The van der Waals surface area contributed by atoms with Crippen LogP contribution < -0.4 is 4.90 Å². The van der Waals surface area contributed by atoms with Gasteiger partial charge in [-0.1, -0.05) is 36.4 Å². The summed E-state index contributed by atoms with van der Waals surface area (Å²) in [6, 6.07) is 19.1. The third-order valence-electron chi connectivity index (χ3n) is 6.81. The van der Waals surface area contributed by atoms with E-state index in [-0.39, 0.29) is 5.91 Å². The summed E-state index contributed by atoms with van der Waals surface area (Å²) in [5.41, 5.74) is 4.58. The van der Waals surface area contributed by atoms with Gasteiger partial charge in [-0.25, -0.2) is 4.98 Å². The molecule has 2 aromatic carbocycles. The van der Waals surface area contributed by atoms with Crippen LogP contribution >= 0.6 is 11.3 Å². The van der Waals surface area contributed by atoms with E-state index < -0.39 is 0 Å². The minimum atomic E-state index is 0.174. The van der Waals surface area contributed by atoms with Crippen molar-refractivity contribution in [3.05, 3.63) is 71.2 Å². The molecule has 0 atom stereocenters. The van der Waals surface area contributed by atoms with Crippen molar-refractivity contribution in [2.24, 2.45) is 0 Å². The molecule has 0 bridgehead atoms. The van der Waals surface area contributed by atoms with E-state index in [0.29, 0.717) is 6.42 Å². The third kappa shape index (κ3) is 5.66. The van der Waals surface area contributed by atoms with Crippen LogP contribution in [0.4, 0.5) is 5.69 Å². The van der Waals surface area contributed by atoms with Gasteiger partial charge in [-0.3, -0.25) is 9.69 Å². The molecule has 34 heavy (non-hydrogen) atoms. The Morgan fingerprint density at radius 2 is 1.68 bits per heavy atom. The number of carbonyl (C=O) groups excluding carboxylic acids is 1. The van der Waals surface area contributed by atoms with Crippen molar-refractivity contribution in [2.45, 2.75) is 13.0 Å². The summed E-state index contributed by atoms with van der Waals surface area (Å²) in [6.07, 6.45) is 0.378. The molecule has 2 aliphatic heterocycles. The highest BCUT2D eigenvalue weighted by atomic mass is 32.1. The van der Waals surface area contributed by atoms with Gasteiger partial charge < -0.3 is 14.7 Å². The smallest absolute Gasteiger partial charge is 0.228 e. The molecule has 2 aliphatic rings. The molecular formula is C27H33N5OS. The average Bonchev–Trinajstić information content (AvgIpc) is 3.35. The highest BCUT2D eigenvalue weighted by Crippen LogP contribution is 2.26. The fourth-order valence-electron chi connectivity index (χ4n) is 4.71. The molecule has 0 N–H and O–H groups in total. The number of aromatic nitrogens is 1. The maximum atomic E-state index is 12.9. The number of hydrogen-bond acceptors (Lipinski definition) is 6. The van der Waals surface area contributed by atoms with Crippen LogP contribution in [0.2, 0.25) is 0 Å². The summed E-state index contributed by atoms with van der Waals surface area (Å²) in [5.74, 6) is 0.174. The second-order valence-corrected chi connectivity index (χ2v) is 10.2. The minimum absolute atomic E-state index is 0.174. The molecule has 2 fully saturated rings. The Balaban J connectivity index is 1.16. The summed E-state index contributed by atoms with van der Waals surface area (Å²) in [6.45, 7) is 8.74. The molecule has 0 radical (unpaired) electrons. The first kappa shape index (κ1) is 23.0. The molecule has 7 heteroatoms. The molecular weight excluding hydrogens is 442 g/mol. The molecule has 0 spiro atoms. The maximum absolute atomic E-state index is 12.9. The lowest BCUT2D eigenvalue weighted by Crippen LogP contribution is -2.49. The van der Waals surface area contributed by atoms with Crippen LogP contribution in [0.15, 0.2) is 60.0 Å². The lowest BCUT2D eigenvalue weighted by Gasteiger charge is -2.36. The zero-order valence-corrected chi connectivity index (χ0v) is 20.7. The van der Waals surface area contributed by atoms with Crippen LogP contribution in [0.1, 0.15) is 11.3 Å². The number of para-hydroxylation sites is 1. The number of carbonyl (C=O) groups is 1. The van der Waals surface area contributed by atoms with Crippen LogP contribution in [0, 0.1) is 0 Å². The van der Waals surface area contributed by atoms with Crippen LogP contribution in [-0.4, -0.2) is 85.0 Å². The SMILES string of the molecule is CN1CCN(Cc2cccc(-c3nc(CC(=O)N4CCN(c5ccccc5)CC4)cs3)c2)CC1.